The molecule has 0 unspecified atom stereocenters. The van der Waals surface area contributed by atoms with Crippen LogP contribution in [-0.4, -0.2) is 32.8 Å². The van der Waals surface area contributed by atoms with Crippen LogP contribution in [0.3, 0.4) is 0 Å². The highest BCUT2D eigenvalue weighted by Gasteiger charge is 2.35. The van der Waals surface area contributed by atoms with Crippen molar-refractivity contribution in [1.82, 2.24) is 5.32 Å². The minimum atomic E-state index is 0.575. The van der Waals surface area contributed by atoms with E-state index in [1.807, 2.05) is 18.2 Å². The number of rotatable bonds is 2. The van der Waals surface area contributed by atoms with Crippen molar-refractivity contribution >= 4 is 5.69 Å². The van der Waals surface area contributed by atoms with Gasteiger partial charge in [-0.05, 0) is 37.4 Å². The van der Waals surface area contributed by atoms with Gasteiger partial charge in [-0.2, -0.15) is 5.26 Å². The standard InChI is InChI=1S/C15H19N3O/c1-19-13-5-4-11(8-16)15(7-13)18-9-12-3-2-6-17-14(12)10-18/h4-5,7,12,14,17H,2-3,6,9-10H2,1H3/t12-,14+/m0/s1. The maximum absolute atomic E-state index is 9.27. The summed E-state index contributed by atoms with van der Waals surface area (Å²) in [6, 6.07) is 8.55. The first-order valence-electron chi connectivity index (χ1n) is 6.88. The first-order valence-corrected chi connectivity index (χ1v) is 6.88. The van der Waals surface area contributed by atoms with Gasteiger partial charge in [0, 0.05) is 25.2 Å². The quantitative estimate of drug-likeness (QED) is 0.877. The molecule has 4 nitrogen and oxygen atoms in total. The molecule has 3 rings (SSSR count). The summed E-state index contributed by atoms with van der Waals surface area (Å²) in [5, 5.41) is 12.9. The molecule has 0 aromatic heterocycles. The molecule has 2 atom stereocenters. The average Bonchev–Trinajstić information content (AvgIpc) is 2.90. The van der Waals surface area contributed by atoms with Gasteiger partial charge in [-0.1, -0.05) is 0 Å². The molecule has 2 saturated heterocycles. The predicted molar refractivity (Wildman–Crippen MR) is 74.4 cm³/mol. The zero-order chi connectivity index (χ0) is 13.2. The fraction of sp³-hybridized carbons (Fsp3) is 0.533. The summed E-state index contributed by atoms with van der Waals surface area (Å²) in [7, 11) is 1.66. The molecule has 0 saturated carbocycles. The first kappa shape index (κ1) is 12.3. The van der Waals surface area contributed by atoms with E-state index in [0.29, 0.717) is 12.0 Å². The summed E-state index contributed by atoms with van der Waals surface area (Å²) in [6.07, 6.45) is 2.55. The van der Waals surface area contributed by atoms with Gasteiger partial charge in [0.1, 0.15) is 11.8 Å². The van der Waals surface area contributed by atoms with Crippen LogP contribution in [0.5, 0.6) is 5.75 Å². The second kappa shape index (κ2) is 5.10. The number of hydrogen-bond donors (Lipinski definition) is 1. The molecule has 0 bridgehead atoms. The van der Waals surface area contributed by atoms with E-state index in [9.17, 15) is 5.26 Å². The Morgan fingerprint density at radius 3 is 3.05 bits per heavy atom. The molecule has 0 spiro atoms. The molecule has 0 radical (unpaired) electrons. The molecule has 0 amide bonds. The third kappa shape index (κ3) is 2.26. The van der Waals surface area contributed by atoms with Crippen LogP contribution in [0.25, 0.3) is 0 Å². The Balaban J connectivity index is 1.88. The fourth-order valence-electron chi connectivity index (χ4n) is 3.24. The molecule has 1 aromatic carbocycles. The Labute approximate surface area is 114 Å². The maximum atomic E-state index is 9.27. The Bertz CT molecular complexity index is 495. The van der Waals surface area contributed by atoms with Crippen molar-refractivity contribution in [2.45, 2.75) is 18.9 Å². The maximum Gasteiger partial charge on any atom is 0.121 e. The van der Waals surface area contributed by atoms with Gasteiger partial charge < -0.3 is 15.0 Å². The molecule has 0 aliphatic carbocycles. The molecular formula is C15H19N3O. The van der Waals surface area contributed by atoms with Gasteiger partial charge in [-0.25, -0.2) is 0 Å². The van der Waals surface area contributed by atoms with Crippen molar-refractivity contribution in [3.8, 4) is 11.8 Å². The number of methoxy groups -OCH3 is 1. The SMILES string of the molecule is COc1ccc(C#N)c(N2C[C@@H]3CCCN[C@@H]3C2)c1. The van der Waals surface area contributed by atoms with E-state index in [4.69, 9.17) is 4.74 Å². The fourth-order valence-corrected chi connectivity index (χ4v) is 3.24. The first-order chi connectivity index (χ1) is 9.31. The monoisotopic (exact) mass is 257 g/mol. The highest BCUT2D eigenvalue weighted by Crippen LogP contribution is 2.32. The Morgan fingerprint density at radius 1 is 1.42 bits per heavy atom. The summed E-state index contributed by atoms with van der Waals surface area (Å²) >= 11 is 0. The lowest BCUT2D eigenvalue weighted by atomic mass is 9.94. The van der Waals surface area contributed by atoms with Crippen molar-refractivity contribution < 1.29 is 4.74 Å². The van der Waals surface area contributed by atoms with Gasteiger partial charge in [0.05, 0.1) is 18.4 Å². The van der Waals surface area contributed by atoms with Gasteiger partial charge in [0.25, 0.3) is 0 Å². The van der Waals surface area contributed by atoms with Gasteiger partial charge in [0.2, 0.25) is 0 Å². The minimum absolute atomic E-state index is 0.575. The van der Waals surface area contributed by atoms with E-state index >= 15 is 0 Å². The van der Waals surface area contributed by atoms with Crippen LogP contribution in [0, 0.1) is 17.2 Å². The van der Waals surface area contributed by atoms with Crippen LogP contribution in [0.15, 0.2) is 18.2 Å². The van der Waals surface area contributed by atoms with E-state index in [2.05, 4.69) is 16.3 Å². The predicted octanol–water partition coefficient (Wildman–Crippen LogP) is 1.76. The number of nitrogens with one attached hydrogen (secondary N) is 1. The molecule has 1 N–H and O–H groups in total. The average molecular weight is 257 g/mol. The van der Waals surface area contributed by atoms with E-state index in [-0.39, 0.29) is 0 Å². The summed E-state index contributed by atoms with van der Waals surface area (Å²) in [4.78, 5) is 2.33. The number of piperidine rings is 1. The van der Waals surface area contributed by atoms with Gasteiger partial charge in [-0.3, -0.25) is 0 Å². The molecule has 100 valence electrons. The number of benzene rings is 1. The summed E-state index contributed by atoms with van der Waals surface area (Å²) in [5.74, 6) is 1.53. The molecular weight excluding hydrogens is 238 g/mol. The van der Waals surface area contributed by atoms with Crippen LogP contribution in [-0.2, 0) is 0 Å². The smallest absolute Gasteiger partial charge is 0.121 e. The lowest BCUT2D eigenvalue weighted by molar-refractivity contribution is 0.340. The van der Waals surface area contributed by atoms with Gasteiger partial charge >= 0.3 is 0 Å². The third-order valence-electron chi connectivity index (χ3n) is 4.27. The topological polar surface area (TPSA) is 48.3 Å². The highest BCUT2D eigenvalue weighted by atomic mass is 16.5. The van der Waals surface area contributed by atoms with Crippen molar-refractivity contribution in [3.05, 3.63) is 23.8 Å². The Kier molecular flexibility index (Phi) is 3.31. The van der Waals surface area contributed by atoms with E-state index in [0.717, 1.165) is 36.6 Å². The number of nitriles is 1. The van der Waals surface area contributed by atoms with Crippen LogP contribution in [0.4, 0.5) is 5.69 Å². The van der Waals surface area contributed by atoms with Crippen molar-refractivity contribution in [2.24, 2.45) is 5.92 Å². The largest absolute Gasteiger partial charge is 0.497 e. The number of hydrogen-bond acceptors (Lipinski definition) is 4. The zero-order valence-corrected chi connectivity index (χ0v) is 11.2. The summed E-state index contributed by atoms with van der Waals surface area (Å²) in [5.41, 5.74) is 1.75. The number of anilines is 1. The number of ether oxygens (including phenoxy) is 1. The summed E-state index contributed by atoms with van der Waals surface area (Å²) in [6.45, 7) is 3.16. The summed E-state index contributed by atoms with van der Waals surface area (Å²) < 4.78 is 5.28. The molecule has 2 aliphatic heterocycles. The molecule has 4 heteroatoms. The number of nitrogens with zero attached hydrogens (tertiary/aromatic N) is 2. The number of fused-ring (bicyclic) bond motifs is 1. The Hall–Kier alpha value is -1.73. The van der Waals surface area contributed by atoms with E-state index < -0.39 is 0 Å². The lowest BCUT2D eigenvalue weighted by Gasteiger charge is -2.24. The van der Waals surface area contributed by atoms with Crippen LogP contribution < -0.4 is 15.0 Å². The molecule has 1 aromatic rings. The van der Waals surface area contributed by atoms with Crippen LogP contribution >= 0.6 is 0 Å². The molecule has 2 fully saturated rings. The molecule has 19 heavy (non-hydrogen) atoms. The highest BCUT2D eigenvalue weighted by molar-refractivity contribution is 5.63. The third-order valence-corrected chi connectivity index (χ3v) is 4.27. The van der Waals surface area contributed by atoms with Crippen LogP contribution in [0.1, 0.15) is 18.4 Å². The normalized spacial score (nSPS) is 25.8. The molecule has 2 aliphatic rings. The van der Waals surface area contributed by atoms with E-state index in [1.165, 1.54) is 12.8 Å². The van der Waals surface area contributed by atoms with Crippen LogP contribution in [0.2, 0.25) is 0 Å². The second-order valence-corrected chi connectivity index (χ2v) is 5.36. The lowest BCUT2D eigenvalue weighted by Crippen LogP contribution is -2.40. The van der Waals surface area contributed by atoms with Gasteiger partial charge in [-0.15, -0.1) is 0 Å². The zero-order valence-electron chi connectivity index (χ0n) is 11.2. The van der Waals surface area contributed by atoms with Crippen molar-refractivity contribution in [1.29, 1.82) is 5.26 Å². The Morgan fingerprint density at radius 2 is 2.32 bits per heavy atom. The van der Waals surface area contributed by atoms with Crippen molar-refractivity contribution in [2.75, 3.05) is 31.6 Å². The van der Waals surface area contributed by atoms with E-state index in [1.54, 1.807) is 7.11 Å². The van der Waals surface area contributed by atoms with Gasteiger partial charge in [0.15, 0.2) is 0 Å². The minimum Gasteiger partial charge on any atom is -0.497 e. The van der Waals surface area contributed by atoms with Crippen molar-refractivity contribution in [3.63, 3.8) is 0 Å². The second-order valence-electron chi connectivity index (χ2n) is 5.36. The molecule has 2 heterocycles.